The fourth-order valence-electron chi connectivity index (χ4n) is 2.10. The van der Waals surface area contributed by atoms with Gasteiger partial charge >= 0.3 is 0 Å². The van der Waals surface area contributed by atoms with E-state index < -0.39 is 0 Å². The molecule has 0 aliphatic carbocycles. The highest BCUT2D eigenvalue weighted by atomic mass is 16.5. The lowest BCUT2D eigenvalue weighted by Crippen LogP contribution is -2.25. The summed E-state index contributed by atoms with van der Waals surface area (Å²) in [4.78, 5) is 0. The molecule has 0 aliphatic rings. The van der Waals surface area contributed by atoms with Crippen LogP contribution in [-0.4, -0.2) is 18.7 Å². The summed E-state index contributed by atoms with van der Waals surface area (Å²) >= 11 is 0. The molecule has 2 nitrogen and oxygen atoms in total. The first-order chi connectivity index (χ1) is 9.29. The Kier molecular flexibility index (Phi) is 6.54. The highest BCUT2D eigenvalue weighted by molar-refractivity contribution is 5.31. The summed E-state index contributed by atoms with van der Waals surface area (Å²) < 4.78 is 5.96. The van der Waals surface area contributed by atoms with Gasteiger partial charge in [-0.15, -0.1) is 0 Å². The van der Waals surface area contributed by atoms with E-state index in [4.69, 9.17) is 4.74 Å². The predicted octanol–water partition coefficient (Wildman–Crippen LogP) is 4.53. The van der Waals surface area contributed by atoms with Crippen LogP contribution in [0.2, 0.25) is 0 Å². The SMILES string of the molecule is CC(C)NCCCC(C)Oc1ccc(C(C)(C)C)cc1. The summed E-state index contributed by atoms with van der Waals surface area (Å²) in [5.74, 6) is 0.974. The highest BCUT2D eigenvalue weighted by Crippen LogP contribution is 2.24. The van der Waals surface area contributed by atoms with Crippen LogP contribution in [0.1, 0.15) is 59.9 Å². The van der Waals surface area contributed by atoms with Crippen LogP contribution >= 0.6 is 0 Å². The van der Waals surface area contributed by atoms with Crippen LogP contribution in [0.4, 0.5) is 0 Å². The van der Waals surface area contributed by atoms with E-state index in [-0.39, 0.29) is 11.5 Å². The van der Waals surface area contributed by atoms with Crippen LogP contribution in [0.5, 0.6) is 5.75 Å². The van der Waals surface area contributed by atoms with Crippen molar-refractivity contribution in [1.29, 1.82) is 0 Å². The van der Waals surface area contributed by atoms with E-state index in [1.165, 1.54) is 5.56 Å². The summed E-state index contributed by atoms with van der Waals surface area (Å²) in [6, 6.07) is 9.08. The zero-order chi connectivity index (χ0) is 15.2. The van der Waals surface area contributed by atoms with Gasteiger partial charge in [0.15, 0.2) is 0 Å². The van der Waals surface area contributed by atoms with Gasteiger partial charge in [0, 0.05) is 6.04 Å². The van der Waals surface area contributed by atoms with E-state index in [1.54, 1.807) is 0 Å². The minimum Gasteiger partial charge on any atom is -0.491 e. The van der Waals surface area contributed by atoms with Crippen molar-refractivity contribution in [3.8, 4) is 5.75 Å². The van der Waals surface area contributed by atoms with E-state index in [0.717, 1.165) is 25.1 Å². The van der Waals surface area contributed by atoms with Crippen molar-refractivity contribution in [3.05, 3.63) is 29.8 Å². The maximum atomic E-state index is 5.96. The monoisotopic (exact) mass is 277 g/mol. The number of benzene rings is 1. The normalized spacial score (nSPS) is 13.6. The van der Waals surface area contributed by atoms with Crippen LogP contribution in [0, 0.1) is 0 Å². The Morgan fingerprint density at radius 1 is 1.05 bits per heavy atom. The van der Waals surface area contributed by atoms with Gasteiger partial charge in [0.05, 0.1) is 6.10 Å². The smallest absolute Gasteiger partial charge is 0.119 e. The zero-order valence-corrected chi connectivity index (χ0v) is 14.0. The zero-order valence-electron chi connectivity index (χ0n) is 14.0. The third-order valence-electron chi connectivity index (χ3n) is 3.40. The van der Waals surface area contributed by atoms with Crippen molar-refractivity contribution in [3.63, 3.8) is 0 Å². The van der Waals surface area contributed by atoms with Gasteiger partial charge in [0.2, 0.25) is 0 Å². The molecule has 1 rings (SSSR count). The molecular weight excluding hydrogens is 246 g/mol. The second-order valence-electron chi connectivity index (χ2n) is 6.95. The lowest BCUT2D eigenvalue weighted by atomic mass is 9.87. The molecule has 0 aromatic heterocycles. The Morgan fingerprint density at radius 3 is 2.15 bits per heavy atom. The fourth-order valence-corrected chi connectivity index (χ4v) is 2.10. The van der Waals surface area contributed by atoms with E-state index >= 15 is 0 Å². The molecule has 2 heteroatoms. The summed E-state index contributed by atoms with van der Waals surface area (Å²) in [5.41, 5.74) is 1.55. The Balaban J connectivity index is 2.37. The number of ether oxygens (including phenoxy) is 1. The van der Waals surface area contributed by atoms with Gasteiger partial charge in [-0.3, -0.25) is 0 Å². The number of rotatable bonds is 7. The first kappa shape index (κ1) is 17.0. The third-order valence-corrected chi connectivity index (χ3v) is 3.40. The molecule has 0 bridgehead atoms. The Bertz CT molecular complexity index is 375. The molecule has 114 valence electrons. The lowest BCUT2D eigenvalue weighted by Gasteiger charge is -2.20. The second-order valence-corrected chi connectivity index (χ2v) is 6.95. The van der Waals surface area contributed by atoms with Gasteiger partial charge in [-0.2, -0.15) is 0 Å². The van der Waals surface area contributed by atoms with E-state index in [2.05, 4.69) is 71.1 Å². The molecule has 0 heterocycles. The summed E-state index contributed by atoms with van der Waals surface area (Å²) in [7, 11) is 0. The Morgan fingerprint density at radius 2 is 1.65 bits per heavy atom. The van der Waals surface area contributed by atoms with Crippen molar-refractivity contribution < 1.29 is 4.74 Å². The van der Waals surface area contributed by atoms with Crippen molar-refractivity contribution in [2.75, 3.05) is 6.54 Å². The van der Waals surface area contributed by atoms with Gasteiger partial charge in [-0.05, 0) is 49.4 Å². The highest BCUT2D eigenvalue weighted by Gasteiger charge is 2.13. The summed E-state index contributed by atoms with van der Waals surface area (Å²) in [6.07, 6.45) is 2.50. The Labute approximate surface area is 124 Å². The van der Waals surface area contributed by atoms with Gasteiger partial charge in [0.1, 0.15) is 5.75 Å². The van der Waals surface area contributed by atoms with Crippen molar-refractivity contribution in [2.24, 2.45) is 0 Å². The minimum atomic E-state index is 0.201. The lowest BCUT2D eigenvalue weighted by molar-refractivity contribution is 0.207. The predicted molar refractivity (Wildman–Crippen MR) is 87.6 cm³/mol. The minimum absolute atomic E-state index is 0.201. The van der Waals surface area contributed by atoms with Crippen molar-refractivity contribution >= 4 is 0 Å². The third kappa shape index (κ3) is 6.42. The number of nitrogens with one attached hydrogen (secondary N) is 1. The summed E-state index contributed by atoms with van der Waals surface area (Å²) in [6.45, 7) is 14.3. The molecule has 0 radical (unpaired) electrons. The topological polar surface area (TPSA) is 21.3 Å². The second kappa shape index (κ2) is 7.68. The van der Waals surface area contributed by atoms with Crippen LogP contribution in [0.25, 0.3) is 0 Å². The maximum absolute atomic E-state index is 5.96. The van der Waals surface area contributed by atoms with Crippen molar-refractivity contribution in [1.82, 2.24) is 5.32 Å². The van der Waals surface area contributed by atoms with E-state index in [9.17, 15) is 0 Å². The van der Waals surface area contributed by atoms with Gasteiger partial charge < -0.3 is 10.1 Å². The molecule has 1 aromatic rings. The molecule has 0 saturated carbocycles. The molecule has 1 N–H and O–H groups in total. The van der Waals surface area contributed by atoms with Crippen molar-refractivity contribution in [2.45, 2.75) is 71.9 Å². The molecule has 0 aliphatic heterocycles. The Hall–Kier alpha value is -1.02. The van der Waals surface area contributed by atoms with E-state index in [0.29, 0.717) is 6.04 Å². The first-order valence-electron chi connectivity index (χ1n) is 7.79. The largest absolute Gasteiger partial charge is 0.491 e. The molecule has 0 amide bonds. The quantitative estimate of drug-likeness (QED) is 0.739. The van der Waals surface area contributed by atoms with Gasteiger partial charge in [-0.25, -0.2) is 0 Å². The fraction of sp³-hybridized carbons (Fsp3) is 0.667. The average molecular weight is 277 g/mol. The average Bonchev–Trinajstić information content (AvgIpc) is 2.34. The summed E-state index contributed by atoms with van der Waals surface area (Å²) in [5, 5.41) is 3.43. The van der Waals surface area contributed by atoms with Crippen LogP contribution < -0.4 is 10.1 Å². The van der Waals surface area contributed by atoms with Gasteiger partial charge in [-0.1, -0.05) is 46.8 Å². The van der Waals surface area contributed by atoms with Crippen LogP contribution in [-0.2, 0) is 5.41 Å². The first-order valence-corrected chi connectivity index (χ1v) is 7.79. The molecule has 20 heavy (non-hydrogen) atoms. The molecule has 0 spiro atoms. The molecule has 1 unspecified atom stereocenters. The van der Waals surface area contributed by atoms with Crippen LogP contribution in [0.15, 0.2) is 24.3 Å². The molecule has 1 atom stereocenters. The van der Waals surface area contributed by atoms with Gasteiger partial charge in [0.25, 0.3) is 0 Å². The maximum Gasteiger partial charge on any atom is 0.119 e. The molecular formula is C18H31NO. The number of hydrogen-bond donors (Lipinski definition) is 1. The molecule has 1 aromatic carbocycles. The standard InChI is InChI=1S/C18H31NO/c1-14(2)19-13-7-8-15(3)20-17-11-9-16(10-12-17)18(4,5)6/h9-12,14-15,19H,7-8,13H2,1-6H3. The van der Waals surface area contributed by atoms with E-state index in [1.807, 2.05) is 0 Å². The van der Waals surface area contributed by atoms with Crippen LogP contribution in [0.3, 0.4) is 0 Å². The number of hydrogen-bond acceptors (Lipinski definition) is 2. The molecule has 0 saturated heterocycles. The molecule has 0 fully saturated rings.